The Bertz CT molecular complexity index is 470. The van der Waals surface area contributed by atoms with Crippen LogP contribution in [-0.2, 0) is 4.74 Å². The molecule has 0 aliphatic carbocycles. The number of piperazine rings is 1. The molecule has 0 spiro atoms. The van der Waals surface area contributed by atoms with Gasteiger partial charge in [-0.1, -0.05) is 24.3 Å². The van der Waals surface area contributed by atoms with Crippen molar-refractivity contribution in [1.82, 2.24) is 9.80 Å². The zero-order chi connectivity index (χ0) is 15.2. The summed E-state index contributed by atoms with van der Waals surface area (Å²) >= 11 is 0. The van der Waals surface area contributed by atoms with E-state index in [9.17, 15) is 4.79 Å². The van der Waals surface area contributed by atoms with E-state index in [0.29, 0.717) is 26.2 Å². The molecule has 0 bridgehead atoms. The van der Waals surface area contributed by atoms with Crippen molar-refractivity contribution < 1.29 is 9.53 Å². The summed E-state index contributed by atoms with van der Waals surface area (Å²) < 4.78 is 5.05. The van der Waals surface area contributed by atoms with E-state index in [2.05, 4.69) is 30.0 Å². The van der Waals surface area contributed by atoms with Crippen LogP contribution in [0.2, 0.25) is 0 Å². The van der Waals surface area contributed by atoms with Gasteiger partial charge in [-0.2, -0.15) is 0 Å². The molecule has 5 heteroatoms. The summed E-state index contributed by atoms with van der Waals surface area (Å²) in [6.07, 6.45) is -0.211. The predicted octanol–water partition coefficient (Wildman–Crippen LogP) is 1.77. The fourth-order valence-electron chi connectivity index (χ4n) is 2.86. The average Bonchev–Trinajstić information content (AvgIpc) is 2.51. The van der Waals surface area contributed by atoms with E-state index >= 15 is 0 Å². The number of carbonyl (C=O) groups excluding carboxylic acids is 1. The zero-order valence-electron chi connectivity index (χ0n) is 12.9. The number of amides is 1. The highest BCUT2D eigenvalue weighted by Gasteiger charge is 2.27. The standard InChI is InChI=1S/C16H25N3O2/c1-3-21-16(20)19-10-8-18(9-11-19)15(12-17)14-7-5-4-6-13(14)2/h4-7,15H,3,8-12,17H2,1-2H3. The Kier molecular flexibility index (Phi) is 5.59. The van der Waals surface area contributed by atoms with Gasteiger partial charge in [-0.25, -0.2) is 4.79 Å². The Morgan fingerprint density at radius 2 is 1.95 bits per heavy atom. The van der Waals surface area contributed by atoms with E-state index in [1.54, 1.807) is 4.90 Å². The van der Waals surface area contributed by atoms with Gasteiger partial charge in [0, 0.05) is 38.8 Å². The first kappa shape index (κ1) is 15.8. The molecule has 5 nitrogen and oxygen atoms in total. The first-order valence-corrected chi connectivity index (χ1v) is 7.58. The second-order valence-corrected chi connectivity index (χ2v) is 5.33. The molecule has 1 heterocycles. The smallest absolute Gasteiger partial charge is 0.409 e. The van der Waals surface area contributed by atoms with Gasteiger partial charge >= 0.3 is 6.09 Å². The second kappa shape index (κ2) is 7.43. The maximum absolute atomic E-state index is 11.7. The van der Waals surface area contributed by atoms with Crippen molar-refractivity contribution in [3.8, 4) is 0 Å². The van der Waals surface area contributed by atoms with Crippen LogP contribution in [0.4, 0.5) is 4.79 Å². The third-order valence-corrected chi connectivity index (χ3v) is 4.05. The summed E-state index contributed by atoms with van der Waals surface area (Å²) in [7, 11) is 0. The van der Waals surface area contributed by atoms with Gasteiger partial charge in [0.25, 0.3) is 0 Å². The van der Waals surface area contributed by atoms with Crippen LogP contribution in [0.15, 0.2) is 24.3 Å². The third-order valence-electron chi connectivity index (χ3n) is 4.05. The SMILES string of the molecule is CCOC(=O)N1CCN(C(CN)c2ccccc2C)CC1. The molecule has 1 atom stereocenters. The van der Waals surface area contributed by atoms with Gasteiger partial charge in [0.05, 0.1) is 6.61 Å². The Hall–Kier alpha value is -1.59. The Labute approximate surface area is 126 Å². The third kappa shape index (κ3) is 3.74. The molecule has 21 heavy (non-hydrogen) atoms. The summed E-state index contributed by atoms with van der Waals surface area (Å²) in [6, 6.07) is 8.58. The monoisotopic (exact) mass is 291 g/mol. The van der Waals surface area contributed by atoms with E-state index in [4.69, 9.17) is 10.5 Å². The van der Waals surface area contributed by atoms with Crippen molar-refractivity contribution in [3.05, 3.63) is 35.4 Å². The highest BCUT2D eigenvalue weighted by Crippen LogP contribution is 2.24. The topological polar surface area (TPSA) is 58.8 Å². The van der Waals surface area contributed by atoms with Crippen molar-refractivity contribution in [1.29, 1.82) is 0 Å². The second-order valence-electron chi connectivity index (χ2n) is 5.33. The van der Waals surface area contributed by atoms with Crippen LogP contribution in [-0.4, -0.2) is 55.2 Å². The number of ether oxygens (including phenoxy) is 1. The molecule has 1 amide bonds. The quantitative estimate of drug-likeness (QED) is 0.918. The number of carbonyl (C=O) groups is 1. The fraction of sp³-hybridized carbons (Fsp3) is 0.562. The Balaban J connectivity index is 2.00. The summed E-state index contributed by atoms with van der Waals surface area (Å²) in [4.78, 5) is 15.9. The van der Waals surface area contributed by atoms with Crippen LogP contribution in [0, 0.1) is 6.92 Å². The summed E-state index contributed by atoms with van der Waals surface area (Å²) in [5.41, 5.74) is 8.55. The summed E-state index contributed by atoms with van der Waals surface area (Å²) in [6.45, 7) is 8.01. The first-order valence-electron chi connectivity index (χ1n) is 7.58. The minimum Gasteiger partial charge on any atom is -0.450 e. The lowest BCUT2D eigenvalue weighted by molar-refractivity contribution is 0.0670. The fourth-order valence-corrected chi connectivity index (χ4v) is 2.86. The van der Waals surface area contributed by atoms with Crippen molar-refractivity contribution in [2.75, 3.05) is 39.3 Å². The zero-order valence-corrected chi connectivity index (χ0v) is 12.9. The average molecular weight is 291 g/mol. The van der Waals surface area contributed by atoms with Crippen LogP contribution >= 0.6 is 0 Å². The molecule has 116 valence electrons. The Morgan fingerprint density at radius 1 is 1.29 bits per heavy atom. The number of rotatable bonds is 4. The van der Waals surface area contributed by atoms with Gasteiger partial charge in [-0.3, -0.25) is 4.90 Å². The minimum absolute atomic E-state index is 0.211. The number of hydrogen-bond donors (Lipinski definition) is 1. The minimum atomic E-state index is -0.211. The lowest BCUT2D eigenvalue weighted by atomic mass is 9.99. The van der Waals surface area contributed by atoms with Crippen molar-refractivity contribution >= 4 is 6.09 Å². The highest BCUT2D eigenvalue weighted by molar-refractivity contribution is 5.67. The van der Waals surface area contributed by atoms with Crippen molar-refractivity contribution in [2.45, 2.75) is 19.9 Å². The molecule has 0 radical (unpaired) electrons. The van der Waals surface area contributed by atoms with Crippen LogP contribution in [0.1, 0.15) is 24.1 Å². The lowest BCUT2D eigenvalue weighted by Crippen LogP contribution is -2.51. The van der Waals surface area contributed by atoms with Gasteiger partial charge in [0.1, 0.15) is 0 Å². The summed E-state index contributed by atoms with van der Waals surface area (Å²) in [5, 5.41) is 0. The van der Waals surface area contributed by atoms with Gasteiger partial charge < -0.3 is 15.4 Å². The first-order chi connectivity index (χ1) is 10.2. The molecule has 1 fully saturated rings. The normalized spacial score (nSPS) is 17.6. The van der Waals surface area contributed by atoms with E-state index in [1.807, 2.05) is 13.0 Å². The van der Waals surface area contributed by atoms with Gasteiger partial charge in [0.2, 0.25) is 0 Å². The van der Waals surface area contributed by atoms with Gasteiger partial charge in [-0.15, -0.1) is 0 Å². The van der Waals surface area contributed by atoms with E-state index in [-0.39, 0.29) is 12.1 Å². The number of benzene rings is 1. The molecule has 0 aromatic heterocycles. The number of nitrogens with two attached hydrogens (primary N) is 1. The maximum Gasteiger partial charge on any atom is 0.409 e. The van der Waals surface area contributed by atoms with Crippen LogP contribution in [0.25, 0.3) is 0 Å². The van der Waals surface area contributed by atoms with Crippen LogP contribution < -0.4 is 5.73 Å². The molecular formula is C16H25N3O2. The predicted molar refractivity (Wildman–Crippen MR) is 83.1 cm³/mol. The van der Waals surface area contributed by atoms with Gasteiger partial charge in [0.15, 0.2) is 0 Å². The number of aryl methyl sites for hydroxylation is 1. The molecule has 1 aromatic carbocycles. The summed E-state index contributed by atoms with van der Waals surface area (Å²) in [5.74, 6) is 0. The molecule has 0 saturated carbocycles. The van der Waals surface area contributed by atoms with Crippen LogP contribution in [0.5, 0.6) is 0 Å². The van der Waals surface area contributed by atoms with Crippen molar-refractivity contribution in [3.63, 3.8) is 0 Å². The van der Waals surface area contributed by atoms with E-state index in [0.717, 1.165) is 13.1 Å². The van der Waals surface area contributed by atoms with E-state index in [1.165, 1.54) is 11.1 Å². The lowest BCUT2D eigenvalue weighted by Gasteiger charge is -2.39. The van der Waals surface area contributed by atoms with E-state index < -0.39 is 0 Å². The molecule has 2 rings (SSSR count). The number of nitrogens with zero attached hydrogens (tertiary/aromatic N) is 2. The van der Waals surface area contributed by atoms with Crippen LogP contribution in [0.3, 0.4) is 0 Å². The molecule has 1 aliphatic heterocycles. The maximum atomic E-state index is 11.7. The van der Waals surface area contributed by atoms with Gasteiger partial charge in [-0.05, 0) is 25.0 Å². The van der Waals surface area contributed by atoms with Crippen molar-refractivity contribution in [2.24, 2.45) is 5.73 Å². The molecule has 1 aromatic rings. The molecule has 2 N–H and O–H groups in total. The number of hydrogen-bond acceptors (Lipinski definition) is 4. The Morgan fingerprint density at radius 3 is 2.52 bits per heavy atom. The molecular weight excluding hydrogens is 266 g/mol. The largest absolute Gasteiger partial charge is 0.450 e. The highest BCUT2D eigenvalue weighted by atomic mass is 16.6. The molecule has 1 aliphatic rings. The molecule has 1 unspecified atom stereocenters. The molecule has 1 saturated heterocycles.